The monoisotopic (exact) mass is 279 g/mol. The first-order valence-corrected chi connectivity index (χ1v) is 4.92. The minimum Gasteiger partial charge on any atom is -0.312 e. The van der Waals surface area contributed by atoms with Crippen molar-refractivity contribution >= 4 is 32.1 Å². The Kier molecular flexibility index (Phi) is 2.03. The van der Waals surface area contributed by atoms with Gasteiger partial charge in [0.1, 0.15) is 4.60 Å². The number of hydrogen-bond acceptors (Lipinski definition) is 2. The van der Waals surface area contributed by atoms with Crippen LogP contribution in [0.1, 0.15) is 11.3 Å². The van der Waals surface area contributed by atoms with Crippen LogP contribution in [-0.4, -0.2) is 15.4 Å². The summed E-state index contributed by atoms with van der Waals surface area (Å²) < 4.78 is 2.73. The van der Waals surface area contributed by atoms with E-state index < -0.39 is 0 Å². The highest BCUT2D eigenvalue weighted by molar-refractivity contribution is 9.12. The summed E-state index contributed by atoms with van der Waals surface area (Å²) in [4.78, 5) is 0. The molecule has 0 unspecified atom stereocenters. The maximum absolute atomic E-state index is 4.30. The van der Waals surface area contributed by atoms with E-state index in [-0.39, 0.29) is 0 Å². The first-order valence-electron chi connectivity index (χ1n) is 3.42. The second-order valence-electron chi connectivity index (χ2n) is 2.50. The van der Waals surface area contributed by atoms with Crippen molar-refractivity contribution in [2.24, 2.45) is 0 Å². The van der Waals surface area contributed by atoms with Gasteiger partial charge in [0.05, 0.1) is 21.8 Å². The first kappa shape index (κ1) is 7.76. The number of rotatable bonds is 0. The van der Waals surface area contributed by atoms with Gasteiger partial charge in [0.2, 0.25) is 0 Å². The molecule has 0 radical (unpaired) electrons. The molecule has 1 aromatic heterocycles. The van der Waals surface area contributed by atoms with Crippen molar-refractivity contribution in [3.05, 3.63) is 15.9 Å². The van der Waals surface area contributed by atoms with Crippen molar-refractivity contribution in [3.8, 4) is 0 Å². The molecule has 0 amide bonds. The molecule has 0 saturated carbocycles. The highest BCUT2D eigenvalue weighted by atomic mass is 79.9. The van der Waals surface area contributed by atoms with E-state index in [1.807, 2.05) is 0 Å². The lowest BCUT2D eigenvalue weighted by molar-refractivity contribution is 0.635. The molecule has 2 heterocycles. The minimum atomic E-state index is 0.918. The highest BCUT2D eigenvalue weighted by Crippen LogP contribution is 2.24. The van der Waals surface area contributed by atoms with E-state index in [1.165, 1.54) is 11.3 Å². The number of halogens is 2. The predicted octanol–water partition coefficient (Wildman–Crippen LogP) is 1.45. The molecule has 0 aliphatic carbocycles. The second-order valence-corrected chi connectivity index (χ2v) is 3.93. The fourth-order valence-corrected chi connectivity index (χ4v) is 2.09. The largest absolute Gasteiger partial charge is 0.312 e. The standard InChI is InChI=1S/C6H7Br2N3/c7-6-4-3-9-2-1-5(4)10-11(6)8/h9H,1-3H2. The normalized spacial score (nSPS) is 16.5. The summed E-state index contributed by atoms with van der Waals surface area (Å²) >= 11 is 6.76. The molecule has 1 aromatic rings. The van der Waals surface area contributed by atoms with Gasteiger partial charge in [-0.3, -0.25) is 0 Å². The molecule has 2 rings (SSSR count). The van der Waals surface area contributed by atoms with Crippen molar-refractivity contribution in [2.45, 2.75) is 13.0 Å². The first-order chi connectivity index (χ1) is 5.29. The fourth-order valence-electron chi connectivity index (χ4n) is 1.24. The van der Waals surface area contributed by atoms with Gasteiger partial charge in [-0.2, -0.15) is 8.81 Å². The zero-order valence-corrected chi connectivity index (χ0v) is 8.94. The summed E-state index contributed by atoms with van der Waals surface area (Å²) in [7, 11) is 0. The topological polar surface area (TPSA) is 29.9 Å². The van der Waals surface area contributed by atoms with E-state index in [1.54, 1.807) is 3.71 Å². The molecular weight excluding hydrogens is 274 g/mol. The third-order valence-electron chi connectivity index (χ3n) is 1.81. The summed E-state index contributed by atoms with van der Waals surface area (Å²) in [5.41, 5.74) is 2.46. The molecule has 0 aromatic carbocycles. The molecule has 0 spiro atoms. The van der Waals surface area contributed by atoms with Gasteiger partial charge in [-0.05, 0) is 15.9 Å². The summed E-state index contributed by atoms with van der Waals surface area (Å²) in [6, 6.07) is 0. The van der Waals surface area contributed by atoms with Gasteiger partial charge in [0.15, 0.2) is 0 Å². The second kappa shape index (κ2) is 2.88. The Hall–Kier alpha value is 0.130. The van der Waals surface area contributed by atoms with Crippen LogP contribution in [0.2, 0.25) is 0 Å². The maximum atomic E-state index is 4.30. The van der Waals surface area contributed by atoms with Crippen LogP contribution < -0.4 is 5.32 Å². The van der Waals surface area contributed by atoms with Crippen LogP contribution in [0.4, 0.5) is 0 Å². The summed E-state index contributed by atoms with van der Waals surface area (Å²) in [6.45, 7) is 1.95. The Bertz CT molecular complexity index is 282. The Morgan fingerprint density at radius 3 is 3.09 bits per heavy atom. The van der Waals surface area contributed by atoms with Gasteiger partial charge in [-0.25, -0.2) is 0 Å². The molecule has 1 aliphatic rings. The van der Waals surface area contributed by atoms with E-state index in [0.29, 0.717) is 0 Å². The van der Waals surface area contributed by atoms with Gasteiger partial charge in [-0.15, -0.1) is 0 Å². The molecule has 0 atom stereocenters. The molecule has 3 nitrogen and oxygen atoms in total. The van der Waals surface area contributed by atoms with Crippen LogP contribution in [0, 0.1) is 0 Å². The van der Waals surface area contributed by atoms with Crippen molar-refractivity contribution in [1.82, 2.24) is 14.1 Å². The average molecular weight is 281 g/mol. The quantitative estimate of drug-likeness (QED) is 0.780. The molecule has 60 valence electrons. The molecule has 1 aliphatic heterocycles. The van der Waals surface area contributed by atoms with Crippen molar-refractivity contribution < 1.29 is 0 Å². The SMILES string of the molecule is Brc1c2c(nn1Br)CCNC2. The Morgan fingerprint density at radius 1 is 1.55 bits per heavy atom. The van der Waals surface area contributed by atoms with Crippen LogP contribution >= 0.6 is 32.1 Å². The molecule has 0 fully saturated rings. The molecule has 5 heteroatoms. The van der Waals surface area contributed by atoms with Crippen LogP contribution in [-0.2, 0) is 13.0 Å². The van der Waals surface area contributed by atoms with Gasteiger partial charge in [-0.1, -0.05) is 0 Å². The van der Waals surface area contributed by atoms with Crippen LogP contribution in [0.3, 0.4) is 0 Å². The summed E-state index contributed by atoms with van der Waals surface area (Å²) in [6.07, 6.45) is 1.02. The zero-order chi connectivity index (χ0) is 7.84. The van der Waals surface area contributed by atoms with E-state index >= 15 is 0 Å². The fraction of sp³-hybridized carbons (Fsp3) is 0.500. The van der Waals surface area contributed by atoms with Crippen molar-refractivity contribution in [2.75, 3.05) is 6.54 Å². The van der Waals surface area contributed by atoms with E-state index in [9.17, 15) is 0 Å². The van der Waals surface area contributed by atoms with E-state index in [4.69, 9.17) is 0 Å². The Morgan fingerprint density at radius 2 is 2.36 bits per heavy atom. The molecule has 11 heavy (non-hydrogen) atoms. The van der Waals surface area contributed by atoms with E-state index in [2.05, 4.69) is 42.5 Å². The number of aromatic nitrogens is 2. The smallest absolute Gasteiger partial charge is 0.121 e. The maximum Gasteiger partial charge on any atom is 0.121 e. The Labute approximate surface area is 81.6 Å². The van der Waals surface area contributed by atoms with Crippen LogP contribution in [0.25, 0.3) is 0 Å². The molecule has 0 bridgehead atoms. The van der Waals surface area contributed by atoms with Gasteiger partial charge in [0, 0.05) is 25.1 Å². The third kappa shape index (κ3) is 1.25. The average Bonchev–Trinajstić information content (AvgIpc) is 2.30. The molecule has 1 N–H and O–H groups in total. The number of hydrogen-bond donors (Lipinski definition) is 1. The van der Waals surface area contributed by atoms with Gasteiger partial charge < -0.3 is 5.32 Å². The van der Waals surface area contributed by atoms with Crippen LogP contribution in [0.5, 0.6) is 0 Å². The zero-order valence-electron chi connectivity index (χ0n) is 5.77. The van der Waals surface area contributed by atoms with Crippen molar-refractivity contribution in [1.29, 1.82) is 0 Å². The lowest BCUT2D eigenvalue weighted by Gasteiger charge is -2.10. The van der Waals surface area contributed by atoms with Crippen molar-refractivity contribution in [3.63, 3.8) is 0 Å². The third-order valence-corrected chi connectivity index (χ3v) is 3.61. The predicted molar refractivity (Wildman–Crippen MR) is 49.7 cm³/mol. The number of nitrogens with zero attached hydrogens (tertiary/aromatic N) is 2. The lowest BCUT2D eigenvalue weighted by atomic mass is 10.1. The molecule has 0 saturated heterocycles. The van der Waals surface area contributed by atoms with Gasteiger partial charge >= 0.3 is 0 Å². The van der Waals surface area contributed by atoms with Gasteiger partial charge in [0.25, 0.3) is 0 Å². The summed E-state index contributed by atoms with van der Waals surface area (Å²) in [5, 5.41) is 7.59. The number of fused-ring (bicyclic) bond motifs is 1. The van der Waals surface area contributed by atoms with E-state index in [0.717, 1.165) is 24.1 Å². The Balaban J connectivity index is 2.50. The summed E-state index contributed by atoms with van der Waals surface area (Å²) in [5.74, 6) is 0. The number of nitrogens with one attached hydrogen (secondary N) is 1. The molecular formula is C6H7Br2N3. The minimum absolute atomic E-state index is 0.918. The highest BCUT2D eigenvalue weighted by Gasteiger charge is 2.17. The lowest BCUT2D eigenvalue weighted by Crippen LogP contribution is -2.23. The van der Waals surface area contributed by atoms with Crippen LogP contribution in [0.15, 0.2) is 4.60 Å².